The summed E-state index contributed by atoms with van der Waals surface area (Å²) in [4.78, 5) is 29.9. The zero-order valence-corrected chi connectivity index (χ0v) is 20.6. The Morgan fingerprint density at radius 2 is 1.76 bits per heavy atom. The van der Waals surface area contributed by atoms with Crippen LogP contribution in [0.3, 0.4) is 0 Å². The first kappa shape index (κ1) is 24.4. The van der Waals surface area contributed by atoms with Crippen molar-refractivity contribution in [2.45, 2.75) is 44.2 Å². The van der Waals surface area contributed by atoms with Crippen LogP contribution in [0.2, 0.25) is 0 Å². The number of carbonyl (C=O) groups excluding carboxylic acids is 2. The number of likely N-dealkylation sites (tertiary alicyclic amines) is 1. The highest BCUT2D eigenvalue weighted by Gasteiger charge is 2.49. The van der Waals surface area contributed by atoms with E-state index in [2.05, 4.69) is 11.0 Å². The highest BCUT2D eigenvalue weighted by Crippen LogP contribution is 2.37. The minimum absolute atomic E-state index is 0. The molecule has 0 aliphatic carbocycles. The Bertz CT molecular complexity index is 922. The first-order valence-corrected chi connectivity index (χ1v) is 12.9. The summed E-state index contributed by atoms with van der Waals surface area (Å²) in [5.74, 6) is 0.526. The minimum atomic E-state index is -0.287. The minimum Gasteiger partial charge on any atom is -1.00 e. The third-order valence-electron chi connectivity index (χ3n) is 7.68. The third kappa shape index (κ3) is 5.35. The molecule has 5 nitrogen and oxygen atoms in total. The number of esters is 1. The van der Waals surface area contributed by atoms with Crippen molar-refractivity contribution in [2.75, 3.05) is 39.3 Å². The summed E-state index contributed by atoms with van der Waals surface area (Å²) >= 11 is 1.64. The molecular formula is C26H33ClN2O3S. The summed E-state index contributed by atoms with van der Waals surface area (Å²) in [6.45, 7) is 5.21. The first-order valence-electron chi connectivity index (χ1n) is 12.0. The van der Waals surface area contributed by atoms with Gasteiger partial charge < -0.3 is 21.6 Å². The van der Waals surface area contributed by atoms with Gasteiger partial charge in [-0.05, 0) is 37.4 Å². The molecule has 0 N–H and O–H groups in total. The topological polar surface area (TPSA) is 46.6 Å². The molecule has 4 saturated heterocycles. The molecule has 0 radical (unpaired) electrons. The van der Waals surface area contributed by atoms with Crippen LogP contribution in [0.4, 0.5) is 0 Å². The van der Waals surface area contributed by atoms with E-state index in [9.17, 15) is 9.59 Å². The molecule has 33 heavy (non-hydrogen) atoms. The lowest BCUT2D eigenvalue weighted by molar-refractivity contribution is -0.938. The number of rotatable bonds is 7. The molecule has 6 rings (SSSR count). The van der Waals surface area contributed by atoms with Crippen LogP contribution in [0, 0.1) is 5.92 Å². The predicted molar refractivity (Wildman–Crippen MR) is 126 cm³/mol. The summed E-state index contributed by atoms with van der Waals surface area (Å²) in [5.41, 5.74) is 0.782. The van der Waals surface area contributed by atoms with Gasteiger partial charge in [-0.25, -0.2) is 4.79 Å². The lowest BCUT2D eigenvalue weighted by atomic mass is 9.82. The van der Waals surface area contributed by atoms with E-state index in [1.807, 2.05) is 41.8 Å². The Kier molecular flexibility index (Phi) is 7.90. The molecule has 1 aromatic heterocycles. The number of nitrogens with zero attached hydrogens (tertiary/aromatic N) is 2. The number of quaternary nitrogens is 1. The smallest absolute Gasteiger partial charge is 0.329 e. The number of piperidine rings is 4. The fourth-order valence-electron chi connectivity index (χ4n) is 5.88. The lowest BCUT2D eigenvalue weighted by Gasteiger charge is -2.51. The maximum Gasteiger partial charge on any atom is 0.329 e. The van der Waals surface area contributed by atoms with E-state index in [1.54, 1.807) is 11.3 Å². The predicted octanol–water partition coefficient (Wildman–Crippen LogP) is 1.31. The second kappa shape index (κ2) is 10.7. The van der Waals surface area contributed by atoms with E-state index >= 15 is 0 Å². The van der Waals surface area contributed by atoms with Crippen molar-refractivity contribution < 1.29 is 31.2 Å². The quantitative estimate of drug-likeness (QED) is 0.335. The third-order valence-corrected chi connectivity index (χ3v) is 8.60. The number of hydrogen-bond acceptors (Lipinski definition) is 5. The van der Waals surface area contributed by atoms with Gasteiger partial charge >= 0.3 is 5.97 Å². The second-order valence-electron chi connectivity index (χ2n) is 9.75. The largest absolute Gasteiger partial charge is 1.00 e. The van der Waals surface area contributed by atoms with Crippen molar-refractivity contribution in [3.05, 3.63) is 58.3 Å². The van der Waals surface area contributed by atoms with Gasteiger partial charge in [0.1, 0.15) is 19.1 Å². The normalized spacial score (nSPS) is 28.0. The van der Waals surface area contributed by atoms with Gasteiger partial charge in [0.15, 0.2) is 6.10 Å². The van der Waals surface area contributed by atoms with Gasteiger partial charge in [0, 0.05) is 29.2 Å². The zero-order valence-electron chi connectivity index (χ0n) is 19.0. The van der Waals surface area contributed by atoms with Gasteiger partial charge in [0.25, 0.3) is 0 Å². The average Bonchev–Trinajstić information content (AvgIpc) is 3.35. The molecule has 0 saturated carbocycles. The van der Waals surface area contributed by atoms with Crippen LogP contribution in [0.5, 0.6) is 0 Å². The fraction of sp³-hybridized carbons (Fsp3) is 0.538. The number of benzene rings is 1. The first-order chi connectivity index (χ1) is 15.6. The van der Waals surface area contributed by atoms with Gasteiger partial charge in [-0.1, -0.05) is 42.8 Å². The summed E-state index contributed by atoms with van der Waals surface area (Å²) in [6.07, 6.45) is 5.51. The number of thiophene rings is 1. The van der Waals surface area contributed by atoms with Crippen LogP contribution in [0.15, 0.2) is 47.8 Å². The molecule has 4 aliphatic rings. The number of ketones is 1. The van der Waals surface area contributed by atoms with Gasteiger partial charge in [0.05, 0.1) is 13.1 Å². The summed E-state index contributed by atoms with van der Waals surface area (Å²) in [5, 5.41) is 2.04. The average molecular weight is 489 g/mol. The van der Waals surface area contributed by atoms with Gasteiger partial charge in [-0.2, -0.15) is 0 Å². The summed E-state index contributed by atoms with van der Waals surface area (Å²) < 4.78 is 7.04. The van der Waals surface area contributed by atoms with Crippen molar-refractivity contribution in [3.63, 3.8) is 0 Å². The lowest BCUT2D eigenvalue weighted by Crippen LogP contribution is -3.00. The Hall–Kier alpha value is -1.73. The summed E-state index contributed by atoms with van der Waals surface area (Å²) in [7, 11) is 0. The monoisotopic (exact) mass is 488 g/mol. The highest BCUT2D eigenvalue weighted by atomic mass is 35.5. The number of hydrogen-bond donors (Lipinski definition) is 0. The molecule has 2 atom stereocenters. The Morgan fingerprint density at radius 1 is 1.03 bits per heavy atom. The van der Waals surface area contributed by atoms with Crippen LogP contribution in [0.1, 0.15) is 53.4 Å². The van der Waals surface area contributed by atoms with E-state index in [1.165, 1.54) is 6.42 Å². The van der Waals surface area contributed by atoms with Crippen molar-refractivity contribution in [2.24, 2.45) is 5.92 Å². The number of fused-ring (bicyclic) bond motifs is 3. The Balaban J connectivity index is 0.00000259. The van der Waals surface area contributed by atoms with Gasteiger partial charge in [-0.3, -0.25) is 9.69 Å². The molecule has 7 heteroatoms. The zero-order chi connectivity index (χ0) is 22.0. The number of halogens is 1. The van der Waals surface area contributed by atoms with Crippen molar-refractivity contribution in [3.8, 4) is 0 Å². The molecule has 1 unspecified atom stereocenters. The number of ether oxygens (including phenoxy) is 1. The van der Waals surface area contributed by atoms with E-state index in [0.717, 1.165) is 73.3 Å². The summed E-state index contributed by atoms with van der Waals surface area (Å²) in [6, 6.07) is 13.4. The van der Waals surface area contributed by atoms with E-state index in [4.69, 9.17) is 4.74 Å². The fourth-order valence-corrected chi connectivity index (χ4v) is 6.72. The standard InChI is InChI=1S/C26H33N2O3S.ClH/c29-22(20-8-3-1-4-9-20)18-28-15-11-21(12-16-28)23(19-28)31-26(30)25(24-10-7-17-32-24)27-13-5-2-6-14-27;/h1,3-4,7-10,17,21,23,25H,2,5-6,11-16,18-19H2;1H/q+1;/p-1/t21?,23-,25?,28?;/m0./s1. The van der Waals surface area contributed by atoms with Crippen LogP contribution >= 0.6 is 11.3 Å². The van der Waals surface area contributed by atoms with E-state index in [-0.39, 0.29) is 36.3 Å². The molecule has 4 aliphatic heterocycles. The molecule has 2 bridgehead atoms. The number of Topliss-reactive ketones (excluding diaryl/α,β-unsaturated/α-hetero) is 1. The molecule has 4 fully saturated rings. The highest BCUT2D eigenvalue weighted by molar-refractivity contribution is 7.10. The molecule has 1 aromatic carbocycles. The molecule has 2 aromatic rings. The van der Waals surface area contributed by atoms with Crippen molar-refractivity contribution in [1.82, 2.24) is 4.90 Å². The van der Waals surface area contributed by atoms with Crippen molar-refractivity contribution >= 4 is 23.1 Å². The van der Waals surface area contributed by atoms with Crippen molar-refractivity contribution in [1.29, 1.82) is 0 Å². The van der Waals surface area contributed by atoms with Gasteiger partial charge in [0.2, 0.25) is 5.78 Å². The SMILES string of the molecule is O=C(C[N+]12CCC(CC1)[C@@H](OC(=O)C(c1cccs1)N1CCCCC1)C2)c1ccccc1.[Cl-]. The van der Waals surface area contributed by atoms with E-state index in [0.29, 0.717) is 12.5 Å². The van der Waals surface area contributed by atoms with E-state index < -0.39 is 0 Å². The Labute approximate surface area is 206 Å². The van der Waals surface area contributed by atoms with Crippen LogP contribution in [-0.2, 0) is 9.53 Å². The molecular weight excluding hydrogens is 456 g/mol. The Morgan fingerprint density at radius 3 is 2.42 bits per heavy atom. The van der Waals surface area contributed by atoms with Crippen LogP contribution in [0.25, 0.3) is 0 Å². The van der Waals surface area contributed by atoms with Gasteiger partial charge in [-0.15, -0.1) is 11.3 Å². The van der Waals surface area contributed by atoms with Crippen LogP contribution < -0.4 is 12.4 Å². The number of carbonyl (C=O) groups is 2. The second-order valence-corrected chi connectivity index (χ2v) is 10.7. The molecule has 0 spiro atoms. The molecule has 178 valence electrons. The van der Waals surface area contributed by atoms with Crippen LogP contribution in [-0.4, -0.2) is 66.5 Å². The maximum atomic E-state index is 13.5. The maximum absolute atomic E-state index is 13.5. The molecule has 0 amide bonds. The molecule has 5 heterocycles.